The van der Waals surface area contributed by atoms with E-state index in [1.807, 2.05) is 11.6 Å². The zero-order valence-electron chi connectivity index (χ0n) is 9.24. The van der Waals surface area contributed by atoms with E-state index in [-0.39, 0.29) is 5.82 Å². The number of benzene rings is 1. The summed E-state index contributed by atoms with van der Waals surface area (Å²) in [5, 5.41) is 7.99. The molecule has 0 amide bonds. The first-order valence-electron chi connectivity index (χ1n) is 4.98. The molecule has 84 valence electrons. The second kappa shape index (κ2) is 4.02. The van der Waals surface area contributed by atoms with Crippen molar-refractivity contribution in [1.82, 2.24) is 14.8 Å². The molecule has 0 radical (unpaired) electrons. The monoisotopic (exact) mass is 220 g/mol. The van der Waals surface area contributed by atoms with E-state index in [0.717, 1.165) is 5.56 Å². The van der Waals surface area contributed by atoms with E-state index in [2.05, 4.69) is 10.2 Å². The van der Waals surface area contributed by atoms with Gasteiger partial charge in [-0.25, -0.2) is 4.39 Å². The molecule has 0 aliphatic heterocycles. The third-order valence-corrected chi connectivity index (χ3v) is 2.56. The van der Waals surface area contributed by atoms with Crippen LogP contribution in [-0.4, -0.2) is 14.8 Å². The van der Waals surface area contributed by atoms with Crippen molar-refractivity contribution in [3.05, 3.63) is 35.4 Å². The van der Waals surface area contributed by atoms with Crippen LogP contribution in [0.25, 0.3) is 11.4 Å². The minimum absolute atomic E-state index is 0.218. The molecule has 0 fully saturated rings. The lowest BCUT2D eigenvalue weighted by Gasteiger charge is -2.04. The number of rotatable bonds is 2. The van der Waals surface area contributed by atoms with E-state index in [1.165, 1.54) is 6.07 Å². The van der Waals surface area contributed by atoms with Gasteiger partial charge in [-0.2, -0.15) is 0 Å². The highest BCUT2D eigenvalue weighted by Crippen LogP contribution is 2.19. The van der Waals surface area contributed by atoms with Gasteiger partial charge in [-0.3, -0.25) is 0 Å². The third kappa shape index (κ3) is 1.69. The molecule has 0 spiro atoms. The Hall–Kier alpha value is -1.75. The molecule has 0 aliphatic rings. The predicted octanol–water partition coefficient (Wildman–Crippen LogP) is 1.39. The fourth-order valence-electron chi connectivity index (χ4n) is 1.57. The Morgan fingerprint density at radius 3 is 2.69 bits per heavy atom. The molecule has 0 aliphatic carbocycles. The number of nitrogens with zero attached hydrogens (tertiary/aromatic N) is 3. The lowest BCUT2D eigenvalue weighted by atomic mass is 10.1. The van der Waals surface area contributed by atoms with Crippen LogP contribution >= 0.6 is 0 Å². The Morgan fingerprint density at radius 1 is 1.38 bits per heavy atom. The van der Waals surface area contributed by atoms with E-state index in [1.54, 1.807) is 19.1 Å². The van der Waals surface area contributed by atoms with Gasteiger partial charge in [0.2, 0.25) is 0 Å². The molecule has 0 atom stereocenters. The topological polar surface area (TPSA) is 56.7 Å². The van der Waals surface area contributed by atoms with Gasteiger partial charge in [-0.15, -0.1) is 10.2 Å². The van der Waals surface area contributed by atoms with Gasteiger partial charge in [0.1, 0.15) is 11.6 Å². The van der Waals surface area contributed by atoms with E-state index in [0.29, 0.717) is 23.8 Å². The molecule has 1 aromatic carbocycles. The van der Waals surface area contributed by atoms with Crippen molar-refractivity contribution in [3.63, 3.8) is 0 Å². The minimum Gasteiger partial charge on any atom is -0.324 e. The number of aryl methyl sites for hydroxylation is 1. The number of halogens is 1. The maximum absolute atomic E-state index is 13.1. The number of nitrogens with two attached hydrogens (primary N) is 1. The second-order valence-electron chi connectivity index (χ2n) is 3.67. The Kier molecular flexibility index (Phi) is 2.70. The quantitative estimate of drug-likeness (QED) is 0.832. The first-order valence-corrected chi connectivity index (χ1v) is 4.98. The average Bonchev–Trinajstić information content (AvgIpc) is 2.64. The molecular weight excluding hydrogens is 207 g/mol. The molecular formula is C11H13FN4. The summed E-state index contributed by atoms with van der Waals surface area (Å²) >= 11 is 0. The Labute approximate surface area is 92.9 Å². The van der Waals surface area contributed by atoms with Crippen molar-refractivity contribution in [1.29, 1.82) is 0 Å². The molecule has 0 bridgehead atoms. The van der Waals surface area contributed by atoms with Gasteiger partial charge in [0.05, 0.1) is 6.54 Å². The molecule has 2 aromatic rings. The predicted molar refractivity (Wildman–Crippen MR) is 59.0 cm³/mol. The van der Waals surface area contributed by atoms with Gasteiger partial charge in [0.15, 0.2) is 5.82 Å². The van der Waals surface area contributed by atoms with Crippen LogP contribution in [-0.2, 0) is 13.6 Å². The van der Waals surface area contributed by atoms with Gasteiger partial charge < -0.3 is 10.3 Å². The zero-order valence-corrected chi connectivity index (χ0v) is 9.24. The molecule has 1 aromatic heterocycles. The zero-order chi connectivity index (χ0) is 11.7. The Morgan fingerprint density at radius 2 is 2.12 bits per heavy atom. The SMILES string of the molecule is Cc1cc(-c2nnc(CN)n2C)ccc1F. The summed E-state index contributed by atoms with van der Waals surface area (Å²) in [4.78, 5) is 0. The molecule has 1 heterocycles. The maximum Gasteiger partial charge on any atom is 0.163 e. The van der Waals surface area contributed by atoms with Crippen molar-refractivity contribution >= 4 is 0 Å². The highest BCUT2D eigenvalue weighted by Gasteiger charge is 2.10. The van der Waals surface area contributed by atoms with Crippen molar-refractivity contribution in [2.75, 3.05) is 0 Å². The number of hydrogen-bond donors (Lipinski definition) is 1. The largest absolute Gasteiger partial charge is 0.324 e. The minimum atomic E-state index is -0.218. The van der Waals surface area contributed by atoms with Crippen LogP contribution < -0.4 is 5.73 Å². The van der Waals surface area contributed by atoms with Crippen LogP contribution in [0.3, 0.4) is 0 Å². The Balaban J connectivity index is 2.50. The fourth-order valence-corrected chi connectivity index (χ4v) is 1.57. The lowest BCUT2D eigenvalue weighted by Crippen LogP contribution is -2.05. The van der Waals surface area contributed by atoms with Crippen molar-refractivity contribution in [3.8, 4) is 11.4 Å². The van der Waals surface area contributed by atoms with Gasteiger partial charge in [-0.1, -0.05) is 0 Å². The molecule has 4 nitrogen and oxygen atoms in total. The van der Waals surface area contributed by atoms with E-state index in [9.17, 15) is 4.39 Å². The standard InChI is InChI=1S/C11H13FN4/c1-7-5-8(3-4-9(7)12)11-15-14-10(6-13)16(11)2/h3-5H,6,13H2,1-2H3. The van der Waals surface area contributed by atoms with Gasteiger partial charge in [0.25, 0.3) is 0 Å². The average molecular weight is 220 g/mol. The molecule has 2 rings (SSSR count). The summed E-state index contributed by atoms with van der Waals surface area (Å²) in [7, 11) is 1.84. The highest BCUT2D eigenvalue weighted by atomic mass is 19.1. The first kappa shape index (κ1) is 10.8. The Bertz CT molecular complexity index is 519. The highest BCUT2D eigenvalue weighted by molar-refractivity contribution is 5.56. The molecule has 2 N–H and O–H groups in total. The normalized spacial score (nSPS) is 10.8. The fraction of sp³-hybridized carbons (Fsp3) is 0.273. The molecule has 16 heavy (non-hydrogen) atoms. The van der Waals surface area contributed by atoms with E-state index >= 15 is 0 Å². The second-order valence-corrected chi connectivity index (χ2v) is 3.67. The summed E-state index contributed by atoms with van der Waals surface area (Å²) in [5.41, 5.74) is 6.95. The van der Waals surface area contributed by atoms with Crippen molar-refractivity contribution < 1.29 is 4.39 Å². The number of hydrogen-bond acceptors (Lipinski definition) is 3. The third-order valence-electron chi connectivity index (χ3n) is 2.56. The molecule has 0 saturated heterocycles. The van der Waals surface area contributed by atoms with Crippen LogP contribution in [0.1, 0.15) is 11.4 Å². The molecule has 0 unspecified atom stereocenters. The number of aromatic nitrogens is 3. The van der Waals surface area contributed by atoms with Crippen molar-refractivity contribution in [2.24, 2.45) is 12.8 Å². The van der Waals surface area contributed by atoms with Gasteiger partial charge in [-0.05, 0) is 30.7 Å². The van der Waals surface area contributed by atoms with Crippen LogP contribution in [0.5, 0.6) is 0 Å². The lowest BCUT2D eigenvalue weighted by molar-refractivity contribution is 0.618. The summed E-state index contributed by atoms with van der Waals surface area (Å²) in [5.74, 6) is 1.19. The van der Waals surface area contributed by atoms with Crippen LogP contribution in [0.4, 0.5) is 4.39 Å². The first-order chi connectivity index (χ1) is 7.63. The maximum atomic E-state index is 13.1. The summed E-state index contributed by atoms with van der Waals surface area (Å²) in [6, 6.07) is 4.87. The van der Waals surface area contributed by atoms with Crippen LogP contribution in [0.2, 0.25) is 0 Å². The summed E-state index contributed by atoms with van der Waals surface area (Å²) < 4.78 is 14.9. The van der Waals surface area contributed by atoms with Crippen LogP contribution in [0.15, 0.2) is 18.2 Å². The van der Waals surface area contributed by atoms with E-state index < -0.39 is 0 Å². The van der Waals surface area contributed by atoms with Crippen molar-refractivity contribution in [2.45, 2.75) is 13.5 Å². The molecule has 5 heteroatoms. The van der Waals surface area contributed by atoms with Gasteiger partial charge >= 0.3 is 0 Å². The summed E-state index contributed by atoms with van der Waals surface area (Å²) in [6.45, 7) is 2.06. The van der Waals surface area contributed by atoms with Crippen LogP contribution in [0, 0.1) is 12.7 Å². The van der Waals surface area contributed by atoms with Gasteiger partial charge in [0, 0.05) is 12.6 Å². The smallest absolute Gasteiger partial charge is 0.163 e. The summed E-state index contributed by atoms with van der Waals surface area (Å²) in [6.07, 6.45) is 0. The molecule has 0 saturated carbocycles. The van der Waals surface area contributed by atoms with E-state index in [4.69, 9.17) is 5.73 Å².